The minimum absolute atomic E-state index is 0.423. The van der Waals surface area contributed by atoms with Crippen molar-refractivity contribution in [1.82, 2.24) is 0 Å². The van der Waals surface area contributed by atoms with Gasteiger partial charge in [0.1, 0.15) is 12.4 Å². The normalized spacial score (nSPS) is 10.2. The molecule has 3 aromatic carbocycles. The van der Waals surface area contributed by atoms with E-state index in [0.717, 1.165) is 33.6 Å². The first-order valence-corrected chi connectivity index (χ1v) is 8.00. The Labute approximate surface area is 143 Å². The molecule has 0 radical (unpaired) electrons. The molecular weight excluding hydrogens is 294 g/mol. The Bertz CT molecular complexity index is 863. The van der Waals surface area contributed by atoms with Crippen LogP contribution in [0.15, 0.2) is 72.8 Å². The summed E-state index contributed by atoms with van der Waals surface area (Å²) in [5.74, 6) is 0.855. The SMILES string of the molecule is Cc1ccc(-c2ccccc2OCc2ccccc2)cc1CC#N. The minimum atomic E-state index is 0.423. The smallest absolute Gasteiger partial charge is 0.127 e. The summed E-state index contributed by atoms with van der Waals surface area (Å²) in [5.41, 5.74) is 5.47. The molecule has 118 valence electrons. The molecule has 0 saturated heterocycles. The number of benzene rings is 3. The molecule has 0 aliphatic carbocycles. The number of para-hydroxylation sites is 1. The zero-order valence-corrected chi connectivity index (χ0v) is 13.7. The van der Waals surface area contributed by atoms with E-state index in [2.05, 4.69) is 42.5 Å². The van der Waals surface area contributed by atoms with Gasteiger partial charge in [0.15, 0.2) is 0 Å². The van der Waals surface area contributed by atoms with Gasteiger partial charge in [-0.2, -0.15) is 5.26 Å². The highest BCUT2D eigenvalue weighted by molar-refractivity contribution is 5.71. The average Bonchev–Trinajstić information content (AvgIpc) is 2.63. The minimum Gasteiger partial charge on any atom is -0.488 e. The molecular formula is C22H19NO. The molecule has 0 saturated carbocycles. The van der Waals surface area contributed by atoms with Crippen molar-refractivity contribution in [2.24, 2.45) is 0 Å². The number of hydrogen-bond acceptors (Lipinski definition) is 2. The molecule has 0 bridgehead atoms. The molecule has 0 fully saturated rings. The summed E-state index contributed by atoms with van der Waals surface area (Å²) in [6, 6.07) is 26.6. The van der Waals surface area contributed by atoms with Crippen molar-refractivity contribution in [2.45, 2.75) is 20.0 Å². The highest BCUT2D eigenvalue weighted by Gasteiger charge is 2.08. The van der Waals surface area contributed by atoms with Crippen LogP contribution in [-0.4, -0.2) is 0 Å². The van der Waals surface area contributed by atoms with Gasteiger partial charge in [-0.1, -0.05) is 60.7 Å². The maximum absolute atomic E-state index is 9.00. The quantitative estimate of drug-likeness (QED) is 0.639. The number of nitriles is 1. The summed E-state index contributed by atoms with van der Waals surface area (Å²) < 4.78 is 6.04. The first kappa shape index (κ1) is 15.8. The van der Waals surface area contributed by atoms with Gasteiger partial charge in [-0.15, -0.1) is 0 Å². The van der Waals surface area contributed by atoms with Crippen LogP contribution >= 0.6 is 0 Å². The fourth-order valence-corrected chi connectivity index (χ4v) is 2.68. The monoisotopic (exact) mass is 313 g/mol. The van der Waals surface area contributed by atoms with Gasteiger partial charge in [-0.3, -0.25) is 0 Å². The van der Waals surface area contributed by atoms with Gasteiger partial charge >= 0.3 is 0 Å². The van der Waals surface area contributed by atoms with Gasteiger partial charge in [0.05, 0.1) is 12.5 Å². The van der Waals surface area contributed by atoms with Gasteiger partial charge in [-0.25, -0.2) is 0 Å². The van der Waals surface area contributed by atoms with Crippen LogP contribution in [0.25, 0.3) is 11.1 Å². The molecule has 3 aromatic rings. The largest absolute Gasteiger partial charge is 0.488 e. The molecule has 0 aliphatic heterocycles. The Morgan fingerprint density at radius 1 is 0.917 bits per heavy atom. The third-order valence-corrected chi connectivity index (χ3v) is 4.05. The standard InChI is InChI=1S/C22H19NO/c1-17-11-12-20(15-19(17)13-14-23)21-9-5-6-10-22(21)24-16-18-7-3-2-4-8-18/h2-12,15H,13,16H2,1H3. The van der Waals surface area contributed by atoms with Gasteiger partial charge in [0.25, 0.3) is 0 Å². The second-order valence-electron chi connectivity index (χ2n) is 5.75. The third kappa shape index (κ3) is 3.64. The molecule has 0 aliphatic rings. The van der Waals surface area contributed by atoms with Crippen molar-refractivity contribution < 1.29 is 4.74 Å². The predicted molar refractivity (Wildman–Crippen MR) is 96.7 cm³/mol. The van der Waals surface area contributed by atoms with Crippen molar-refractivity contribution in [3.05, 3.63) is 89.5 Å². The van der Waals surface area contributed by atoms with E-state index < -0.39 is 0 Å². The molecule has 2 nitrogen and oxygen atoms in total. The van der Waals surface area contributed by atoms with E-state index in [-0.39, 0.29) is 0 Å². The third-order valence-electron chi connectivity index (χ3n) is 4.05. The van der Waals surface area contributed by atoms with Gasteiger partial charge < -0.3 is 4.74 Å². The summed E-state index contributed by atoms with van der Waals surface area (Å²) in [4.78, 5) is 0. The molecule has 3 rings (SSSR count). The first-order valence-electron chi connectivity index (χ1n) is 8.00. The highest BCUT2D eigenvalue weighted by atomic mass is 16.5. The summed E-state index contributed by atoms with van der Waals surface area (Å²) >= 11 is 0. The van der Waals surface area contributed by atoms with Crippen LogP contribution < -0.4 is 4.74 Å². The predicted octanol–water partition coefficient (Wildman–Crippen LogP) is 5.31. The summed E-state index contributed by atoms with van der Waals surface area (Å²) in [5, 5.41) is 9.00. The number of rotatable bonds is 5. The van der Waals surface area contributed by atoms with Crippen LogP contribution in [0.2, 0.25) is 0 Å². The molecule has 24 heavy (non-hydrogen) atoms. The van der Waals surface area contributed by atoms with Crippen molar-refractivity contribution in [2.75, 3.05) is 0 Å². The molecule has 0 unspecified atom stereocenters. The number of aryl methyl sites for hydroxylation is 1. The molecule has 0 atom stereocenters. The Kier molecular flexibility index (Phi) is 4.93. The van der Waals surface area contributed by atoms with E-state index in [1.807, 2.05) is 43.3 Å². The lowest BCUT2D eigenvalue weighted by atomic mass is 9.98. The highest BCUT2D eigenvalue weighted by Crippen LogP contribution is 2.31. The molecule has 0 spiro atoms. The summed E-state index contributed by atoms with van der Waals surface area (Å²) in [7, 11) is 0. The lowest BCUT2D eigenvalue weighted by molar-refractivity contribution is 0.307. The second-order valence-corrected chi connectivity index (χ2v) is 5.75. The van der Waals surface area contributed by atoms with E-state index >= 15 is 0 Å². The average molecular weight is 313 g/mol. The fourth-order valence-electron chi connectivity index (χ4n) is 2.68. The zero-order chi connectivity index (χ0) is 16.8. The molecule has 0 N–H and O–H groups in total. The van der Waals surface area contributed by atoms with Crippen molar-refractivity contribution >= 4 is 0 Å². The molecule has 0 amide bonds. The van der Waals surface area contributed by atoms with E-state index in [1.165, 1.54) is 0 Å². The second kappa shape index (κ2) is 7.48. The van der Waals surface area contributed by atoms with Crippen LogP contribution in [0.4, 0.5) is 0 Å². The van der Waals surface area contributed by atoms with Crippen LogP contribution in [0.1, 0.15) is 16.7 Å². The zero-order valence-electron chi connectivity index (χ0n) is 13.7. The van der Waals surface area contributed by atoms with Crippen LogP contribution in [0.3, 0.4) is 0 Å². The van der Waals surface area contributed by atoms with E-state index in [0.29, 0.717) is 13.0 Å². The van der Waals surface area contributed by atoms with Crippen molar-refractivity contribution in [1.29, 1.82) is 5.26 Å². The topological polar surface area (TPSA) is 33.0 Å². The molecule has 2 heteroatoms. The van der Waals surface area contributed by atoms with Crippen LogP contribution in [-0.2, 0) is 13.0 Å². The van der Waals surface area contributed by atoms with Crippen LogP contribution in [0.5, 0.6) is 5.75 Å². The van der Waals surface area contributed by atoms with Crippen LogP contribution in [0, 0.1) is 18.3 Å². The van der Waals surface area contributed by atoms with E-state index in [9.17, 15) is 0 Å². The van der Waals surface area contributed by atoms with Gasteiger partial charge in [0, 0.05) is 5.56 Å². The Morgan fingerprint density at radius 3 is 2.46 bits per heavy atom. The lowest BCUT2D eigenvalue weighted by Crippen LogP contribution is -1.97. The lowest BCUT2D eigenvalue weighted by Gasteiger charge is -2.13. The van der Waals surface area contributed by atoms with Gasteiger partial charge in [0.2, 0.25) is 0 Å². The maximum atomic E-state index is 9.00. The Morgan fingerprint density at radius 2 is 1.67 bits per heavy atom. The summed E-state index contributed by atoms with van der Waals surface area (Å²) in [6.07, 6.45) is 0.423. The number of hydrogen-bond donors (Lipinski definition) is 0. The fraction of sp³-hybridized carbons (Fsp3) is 0.136. The Hall–Kier alpha value is -3.05. The first-order chi connectivity index (χ1) is 11.8. The van der Waals surface area contributed by atoms with Gasteiger partial charge in [-0.05, 0) is 41.3 Å². The molecule has 0 aromatic heterocycles. The molecule has 0 heterocycles. The van der Waals surface area contributed by atoms with Crippen molar-refractivity contribution in [3.63, 3.8) is 0 Å². The van der Waals surface area contributed by atoms with E-state index in [4.69, 9.17) is 10.00 Å². The summed E-state index contributed by atoms with van der Waals surface area (Å²) in [6.45, 7) is 2.57. The number of nitrogens with zero attached hydrogens (tertiary/aromatic N) is 1. The van der Waals surface area contributed by atoms with Crippen molar-refractivity contribution in [3.8, 4) is 22.9 Å². The Balaban J connectivity index is 1.89. The number of ether oxygens (including phenoxy) is 1. The van der Waals surface area contributed by atoms with E-state index in [1.54, 1.807) is 0 Å². The maximum Gasteiger partial charge on any atom is 0.127 e.